The molecular weight excluding hydrogens is 817 g/mol. The van der Waals surface area contributed by atoms with Crippen molar-refractivity contribution in [2.24, 2.45) is 0 Å². The van der Waals surface area contributed by atoms with Gasteiger partial charge in [-0.25, -0.2) is 0 Å². The second-order valence-corrected chi connectivity index (χ2v) is 19.2. The van der Waals surface area contributed by atoms with Gasteiger partial charge in [-0.1, -0.05) is 262 Å². The van der Waals surface area contributed by atoms with E-state index in [0.29, 0.717) is 19.3 Å². The highest BCUT2D eigenvalue weighted by Crippen LogP contribution is 2.16. The Morgan fingerprint density at radius 2 is 0.621 bits per heavy atom. The van der Waals surface area contributed by atoms with Crippen molar-refractivity contribution in [2.45, 2.75) is 303 Å². The maximum Gasteiger partial charge on any atom is 0.306 e. The summed E-state index contributed by atoms with van der Waals surface area (Å²) >= 11 is 0. The largest absolute Gasteiger partial charge is 0.462 e. The normalized spacial score (nSPS) is 12.3. The third-order valence-corrected chi connectivity index (χ3v) is 12.6. The maximum absolute atomic E-state index is 12.8. The van der Waals surface area contributed by atoms with Crippen LogP contribution in [0.1, 0.15) is 297 Å². The molecule has 0 spiro atoms. The summed E-state index contributed by atoms with van der Waals surface area (Å²) in [7, 11) is 0. The number of rotatable bonds is 52. The Labute approximate surface area is 409 Å². The summed E-state index contributed by atoms with van der Waals surface area (Å²) in [4.78, 5) is 38.1. The van der Waals surface area contributed by atoms with Gasteiger partial charge in [0.15, 0.2) is 6.10 Å². The molecule has 0 aromatic rings. The number of carbonyl (C=O) groups is 3. The molecule has 66 heavy (non-hydrogen) atoms. The molecule has 0 rings (SSSR count). The maximum atomic E-state index is 12.8. The van der Waals surface area contributed by atoms with E-state index < -0.39 is 6.10 Å². The van der Waals surface area contributed by atoms with Crippen LogP contribution in [0.5, 0.6) is 0 Å². The van der Waals surface area contributed by atoms with Gasteiger partial charge in [-0.3, -0.25) is 14.4 Å². The Kier molecular flexibility index (Phi) is 52.8. The molecule has 1 unspecified atom stereocenters. The summed E-state index contributed by atoms with van der Waals surface area (Å²) in [6.07, 6.45) is 66.8. The number of esters is 3. The van der Waals surface area contributed by atoms with Crippen molar-refractivity contribution in [3.05, 3.63) is 48.6 Å². The molecule has 0 radical (unpaired) electrons. The first-order valence-corrected chi connectivity index (χ1v) is 28.7. The fourth-order valence-electron chi connectivity index (χ4n) is 8.25. The lowest BCUT2D eigenvalue weighted by atomic mass is 10.0. The molecule has 0 fully saturated rings. The van der Waals surface area contributed by atoms with Crippen molar-refractivity contribution >= 4 is 17.9 Å². The van der Waals surface area contributed by atoms with Crippen LogP contribution < -0.4 is 0 Å². The molecule has 1 atom stereocenters. The Morgan fingerprint density at radius 1 is 0.318 bits per heavy atom. The van der Waals surface area contributed by atoms with E-state index in [1.807, 2.05) is 6.08 Å². The Hall–Kier alpha value is -2.63. The second kappa shape index (κ2) is 55.0. The van der Waals surface area contributed by atoms with Crippen LogP contribution in [0, 0.1) is 0 Å². The molecule has 0 amide bonds. The summed E-state index contributed by atoms with van der Waals surface area (Å²) in [5, 5.41) is 0. The first-order valence-electron chi connectivity index (χ1n) is 28.7. The molecule has 6 nitrogen and oxygen atoms in total. The van der Waals surface area contributed by atoms with E-state index in [-0.39, 0.29) is 37.5 Å². The molecule has 0 aliphatic rings. The minimum absolute atomic E-state index is 0.0955. The molecule has 0 aliphatic carbocycles. The van der Waals surface area contributed by atoms with Gasteiger partial charge in [-0.05, 0) is 64.2 Å². The highest BCUT2D eigenvalue weighted by Gasteiger charge is 2.19. The zero-order valence-corrected chi connectivity index (χ0v) is 44.0. The first-order chi connectivity index (χ1) is 32.5. The van der Waals surface area contributed by atoms with Crippen LogP contribution in [0.15, 0.2) is 48.6 Å². The third kappa shape index (κ3) is 52.3. The van der Waals surface area contributed by atoms with Gasteiger partial charge in [0.1, 0.15) is 13.2 Å². The molecule has 0 aliphatic heterocycles. The van der Waals surface area contributed by atoms with E-state index in [0.717, 1.165) is 70.6 Å². The molecule has 384 valence electrons. The minimum Gasteiger partial charge on any atom is -0.462 e. The van der Waals surface area contributed by atoms with Gasteiger partial charge in [0.05, 0.1) is 0 Å². The van der Waals surface area contributed by atoms with Gasteiger partial charge in [-0.15, -0.1) is 0 Å². The molecule has 0 saturated heterocycles. The van der Waals surface area contributed by atoms with Gasteiger partial charge < -0.3 is 14.2 Å². The smallest absolute Gasteiger partial charge is 0.306 e. The van der Waals surface area contributed by atoms with Crippen LogP contribution in [-0.4, -0.2) is 37.2 Å². The van der Waals surface area contributed by atoms with Crippen LogP contribution in [0.25, 0.3) is 0 Å². The standard InChI is InChI=1S/C60H108O6/c1-4-7-10-13-16-19-22-25-27-29-31-32-35-38-41-44-47-50-53-59(62)65-56-57(55-64-58(61)52-49-46-43-40-37-34-24-21-18-15-12-9-6-3)66-60(63)54-51-48-45-42-39-36-33-30-28-26-23-20-17-14-11-8-5-2/h27,29,31-32,34,37,43,46,57H,4-26,28,30,33,35-36,38-42,44-45,47-56H2,1-3H3/b29-27+,32-31+,37-34+,46-43+. The zero-order chi connectivity index (χ0) is 47.9. The lowest BCUT2D eigenvalue weighted by molar-refractivity contribution is -0.166. The average molecular weight is 926 g/mol. The predicted molar refractivity (Wildman–Crippen MR) is 284 cm³/mol. The Bertz CT molecular complexity index is 1150. The average Bonchev–Trinajstić information content (AvgIpc) is 3.31. The fourth-order valence-corrected chi connectivity index (χ4v) is 8.25. The molecule has 0 saturated carbocycles. The van der Waals surface area contributed by atoms with Gasteiger partial charge >= 0.3 is 17.9 Å². The topological polar surface area (TPSA) is 78.9 Å². The van der Waals surface area contributed by atoms with E-state index in [2.05, 4.69) is 63.3 Å². The van der Waals surface area contributed by atoms with Crippen LogP contribution in [0.3, 0.4) is 0 Å². The lowest BCUT2D eigenvalue weighted by Crippen LogP contribution is -2.30. The van der Waals surface area contributed by atoms with Gasteiger partial charge in [0, 0.05) is 19.3 Å². The Balaban J connectivity index is 4.41. The number of ether oxygens (including phenoxy) is 3. The summed E-state index contributed by atoms with van der Waals surface area (Å²) in [6, 6.07) is 0. The first kappa shape index (κ1) is 63.4. The monoisotopic (exact) mass is 925 g/mol. The van der Waals surface area contributed by atoms with E-state index in [1.54, 1.807) is 0 Å². The molecule has 0 N–H and O–H groups in total. The predicted octanol–water partition coefficient (Wildman–Crippen LogP) is 19.0. The molecule has 6 heteroatoms. The van der Waals surface area contributed by atoms with Crippen LogP contribution >= 0.6 is 0 Å². The lowest BCUT2D eigenvalue weighted by Gasteiger charge is -2.18. The van der Waals surface area contributed by atoms with Crippen molar-refractivity contribution in [1.82, 2.24) is 0 Å². The van der Waals surface area contributed by atoms with E-state index in [1.165, 1.54) is 180 Å². The highest BCUT2D eigenvalue weighted by molar-refractivity contribution is 5.71. The van der Waals surface area contributed by atoms with Crippen molar-refractivity contribution in [3.8, 4) is 0 Å². The quantitative estimate of drug-likeness (QED) is 0.0199. The van der Waals surface area contributed by atoms with Crippen LogP contribution in [0.4, 0.5) is 0 Å². The van der Waals surface area contributed by atoms with E-state index >= 15 is 0 Å². The number of allylic oxidation sites excluding steroid dienone is 8. The van der Waals surface area contributed by atoms with Gasteiger partial charge in [0.25, 0.3) is 0 Å². The molecule has 0 aromatic heterocycles. The number of unbranched alkanes of at least 4 members (excludes halogenated alkanes) is 34. The number of carbonyl (C=O) groups excluding carboxylic acids is 3. The van der Waals surface area contributed by atoms with Crippen molar-refractivity contribution in [2.75, 3.05) is 13.2 Å². The number of hydrogen-bond donors (Lipinski definition) is 0. The van der Waals surface area contributed by atoms with E-state index in [4.69, 9.17) is 14.2 Å². The Morgan fingerprint density at radius 3 is 1.02 bits per heavy atom. The molecular formula is C60H108O6. The molecule has 0 aromatic carbocycles. The molecule has 0 heterocycles. The van der Waals surface area contributed by atoms with Crippen molar-refractivity contribution in [1.29, 1.82) is 0 Å². The van der Waals surface area contributed by atoms with Gasteiger partial charge in [0.2, 0.25) is 0 Å². The SMILES string of the molecule is CCCCCCCC/C=C/C/C=C/CCC(=O)OCC(COC(=O)CCCCCCC/C=C/C=C/CCCCCCCCC)OC(=O)CCCCCCCCCCCCCCCCCCC. The summed E-state index contributed by atoms with van der Waals surface area (Å²) in [5.74, 6) is -0.965. The zero-order valence-electron chi connectivity index (χ0n) is 44.0. The summed E-state index contributed by atoms with van der Waals surface area (Å²) in [5.41, 5.74) is 0. The highest BCUT2D eigenvalue weighted by atomic mass is 16.6. The van der Waals surface area contributed by atoms with Gasteiger partial charge in [-0.2, -0.15) is 0 Å². The minimum atomic E-state index is -0.799. The second-order valence-electron chi connectivity index (χ2n) is 19.2. The van der Waals surface area contributed by atoms with E-state index in [9.17, 15) is 14.4 Å². The third-order valence-electron chi connectivity index (χ3n) is 12.6. The van der Waals surface area contributed by atoms with Crippen LogP contribution in [0.2, 0.25) is 0 Å². The van der Waals surface area contributed by atoms with Crippen molar-refractivity contribution in [3.63, 3.8) is 0 Å². The molecule has 0 bridgehead atoms. The van der Waals surface area contributed by atoms with Crippen molar-refractivity contribution < 1.29 is 28.6 Å². The van der Waals surface area contributed by atoms with Crippen LogP contribution in [-0.2, 0) is 28.6 Å². The summed E-state index contributed by atoms with van der Waals surface area (Å²) < 4.78 is 16.8. The fraction of sp³-hybridized carbons (Fsp3) is 0.817. The summed E-state index contributed by atoms with van der Waals surface area (Å²) in [6.45, 7) is 6.59. The number of hydrogen-bond acceptors (Lipinski definition) is 6.